The lowest BCUT2D eigenvalue weighted by atomic mass is 10.1. The third-order valence-electron chi connectivity index (χ3n) is 2.77. The van der Waals surface area contributed by atoms with Gasteiger partial charge in [-0.1, -0.05) is 12.1 Å². The van der Waals surface area contributed by atoms with Crippen LogP contribution in [0.2, 0.25) is 0 Å². The van der Waals surface area contributed by atoms with Crippen LogP contribution in [0.4, 0.5) is 5.69 Å². The Morgan fingerprint density at radius 3 is 2.22 bits per heavy atom. The molecule has 1 atom stereocenters. The normalized spacial score (nSPS) is 11.6. The summed E-state index contributed by atoms with van der Waals surface area (Å²) in [6, 6.07) is 18.3. The highest BCUT2D eigenvalue weighted by Crippen LogP contribution is 2.20. The summed E-state index contributed by atoms with van der Waals surface area (Å²) in [5.41, 5.74) is 2.97. The van der Waals surface area contributed by atoms with Crippen LogP contribution in [0, 0.1) is 14.9 Å². The monoisotopic (exact) mass is 348 g/mol. The quantitative estimate of drug-likeness (QED) is 0.838. The van der Waals surface area contributed by atoms with Crippen LogP contribution in [0.25, 0.3) is 0 Å². The number of nitrogens with zero attached hydrogens (tertiary/aromatic N) is 1. The van der Waals surface area contributed by atoms with Gasteiger partial charge in [0.2, 0.25) is 0 Å². The smallest absolute Gasteiger partial charge is 0.0991 e. The molecule has 2 rings (SSSR count). The lowest BCUT2D eigenvalue weighted by Gasteiger charge is -2.15. The minimum absolute atomic E-state index is 0.220. The van der Waals surface area contributed by atoms with E-state index in [1.54, 1.807) is 0 Å². The minimum atomic E-state index is 0.220. The molecule has 0 bridgehead atoms. The van der Waals surface area contributed by atoms with Crippen molar-refractivity contribution in [1.29, 1.82) is 5.26 Å². The Morgan fingerprint density at radius 2 is 1.67 bits per heavy atom. The summed E-state index contributed by atoms with van der Waals surface area (Å²) in [6.45, 7) is 2.11. The predicted octanol–water partition coefficient (Wildman–Crippen LogP) is 4.34. The number of nitriles is 1. The fourth-order valence-corrected chi connectivity index (χ4v) is 2.09. The van der Waals surface area contributed by atoms with Crippen molar-refractivity contribution in [2.24, 2.45) is 0 Å². The molecule has 2 aromatic rings. The number of rotatable bonds is 3. The molecule has 0 spiro atoms. The lowest BCUT2D eigenvalue weighted by molar-refractivity contribution is 0.884. The third kappa shape index (κ3) is 3.23. The van der Waals surface area contributed by atoms with Gasteiger partial charge >= 0.3 is 0 Å². The van der Waals surface area contributed by atoms with E-state index in [4.69, 9.17) is 5.26 Å². The molecule has 0 saturated carbocycles. The van der Waals surface area contributed by atoms with Gasteiger partial charge in [-0.3, -0.25) is 0 Å². The first-order chi connectivity index (χ1) is 8.69. The van der Waals surface area contributed by atoms with E-state index in [0.717, 1.165) is 5.69 Å². The van der Waals surface area contributed by atoms with E-state index >= 15 is 0 Å². The molecule has 0 aliphatic rings. The molecule has 0 saturated heterocycles. The van der Waals surface area contributed by atoms with E-state index in [1.807, 2.05) is 24.3 Å². The Balaban J connectivity index is 2.09. The van der Waals surface area contributed by atoms with Gasteiger partial charge in [-0.25, -0.2) is 0 Å². The molecular weight excluding hydrogens is 335 g/mol. The van der Waals surface area contributed by atoms with Crippen LogP contribution >= 0.6 is 22.6 Å². The second-order valence-corrected chi connectivity index (χ2v) is 5.35. The molecule has 0 aromatic heterocycles. The Kier molecular flexibility index (Phi) is 4.21. The van der Waals surface area contributed by atoms with Crippen LogP contribution in [0.1, 0.15) is 24.1 Å². The zero-order valence-corrected chi connectivity index (χ0v) is 12.2. The number of hydrogen-bond acceptors (Lipinski definition) is 2. The molecule has 0 heterocycles. The Bertz CT molecular complexity index is 553. The van der Waals surface area contributed by atoms with Gasteiger partial charge in [-0.05, 0) is 71.5 Å². The van der Waals surface area contributed by atoms with E-state index in [1.165, 1.54) is 9.13 Å². The van der Waals surface area contributed by atoms with Crippen molar-refractivity contribution in [2.75, 3.05) is 5.32 Å². The van der Waals surface area contributed by atoms with E-state index in [2.05, 4.69) is 65.2 Å². The highest BCUT2D eigenvalue weighted by atomic mass is 127. The maximum Gasteiger partial charge on any atom is 0.0991 e. The molecule has 0 radical (unpaired) electrons. The van der Waals surface area contributed by atoms with Crippen LogP contribution in [-0.4, -0.2) is 0 Å². The molecule has 0 amide bonds. The van der Waals surface area contributed by atoms with Crippen LogP contribution in [0.3, 0.4) is 0 Å². The summed E-state index contributed by atoms with van der Waals surface area (Å²) in [7, 11) is 0. The van der Waals surface area contributed by atoms with Gasteiger partial charge in [-0.2, -0.15) is 5.26 Å². The molecule has 0 aliphatic heterocycles. The molecule has 2 aromatic carbocycles. The number of nitrogens with one attached hydrogen (secondary N) is 1. The first-order valence-corrected chi connectivity index (χ1v) is 6.79. The highest BCUT2D eigenvalue weighted by Gasteiger charge is 2.05. The predicted molar refractivity (Wildman–Crippen MR) is 82.4 cm³/mol. The van der Waals surface area contributed by atoms with E-state index < -0.39 is 0 Å². The van der Waals surface area contributed by atoms with Gasteiger partial charge in [0.25, 0.3) is 0 Å². The van der Waals surface area contributed by atoms with Gasteiger partial charge in [-0.15, -0.1) is 0 Å². The van der Waals surface area contributed by atoms with E-state index in [9.17, 15) is 0 Å². The van der Waals surface area contributed by atoms with Crippen molar-refractivity contribution in [2.45, 2.75) is 13.0 Å². The molecule has 2 nitrogen and oxygen atoms in total. The molecular formula is C15H13IN2. The number of anilines is 1. The molecule has 90 valence electrons. The van der Waals surface area contributed by atoms with Crippen LogP contribution in [0.5, 0.6) is 0 Å². The van der Waals surface area contributed by atoms with Crippen molar-refractivity contribution in [3.05, 3.63) is 63.2 Å². The average Bonchev–Trinajstić information content (AvgIpc) is 2.41. The second kappa shape index (κ2) is 5.87. The number of benzene rings is 2. The van der Waals surface area contributed by atoms with Crippen molar-refractivity contribution >= 4 is 28.3 Å². The molecule has 1 N–H and O–H groups in total. The molecule has 0 fully saturated rings. The molecule has 1 unspecified atom stereocenters. The number of halogens is 1. The summed E-state index contributed by atoms with van der Waals surface area (Å²) < 4.78 is 1.23. The third-order valence-corrected chi connectivity index (χ3v) is 3.49. The lowest BCUT2D eigenvalue weighted by Crippen LogP contribution is -2.06. The molecule has 18 heavy (non-hydrogen) atoms. The van der Waals surface area contributed by atoms with Crippen molar-refractivity contribution in [3.63, 3.8) is 0 Å². The zero-order valence-electron chi connectivity index (χ0n) is 10.0. The largest absolute Gasteiger partial charge is 0.379 e. The summed E-state index contributed by atoms with van der Waals surface area (Å²) in [5, 5.41) is 12.2. The van der Waals surface area contributed by atoms with Crippen molar-refractivity contribution < 1.29 is 0 Å². The van der Waals surface area contributed by atoms with E-state index in [0.29, 0.717) is 5.56 Å². The Hall–Kier alpha value is -1.54. The van der Waals surface area contributed by atoms with Gasteiger partial charge in [0.05, 0.1) is 11.6 Å². The summed E-state index contributed by atoms with van der Waals surface area (Å²) in [6.07, 6.45) is 0. The van der Waals surface area contributed by atoms with Gasteiger partial charge in [0, 0.05) is 15.3 Å². The van der Waals surface area contributed by atoms with Crippen molar-refractivity contribution in [3.8, 4) is 6.07 Å². The standard InChI is InChI=1S/C15H13IN2/c1-11(13-4-2-12(10-17)3-5-13)18-15-8-6-14(16)7-9-15/h2-9,11,18H,1H3. The average molecular weight is 348 g/mol. The summed E-state index contributed by atoms with van der Waals surface area (Å²) >= 11 is 2.29. The van der Waals surface area contributed by atoms with Gasteiger partial charge in [0.1, 0.15) is 0 Å². The van der Waals surface area contributed by atoms with Crippen LogP contribution < -0.4 is 5.32 Å². The Morgan fingerprint density at radius 1 is 1.06 bits per heavy atom. The van der Waals surface area contributed by atoms with Crippen molar-refractivity contribution in [1.82, 2.24) is 0 Å². The van der Waals surface area contributed by atoms with Gasteiger partial charge in [0.15, 0.2) is 0 Å². The fraction of sp³-hybridized carbons (Fsp3) is 0.133. The second-order valence-electron chi connectivity index (χ2n) is 4.11. The summed E-state index contributed by atoms with van der Waals surface area (Å²) in [4.78, 5) is 0. The molecule has 0 aliphatic carbocycles. The minimum Gasteiger partial charge on any atom is -0.379 e. The first kappa shape index (κ1) is 12.9. The topological polar surface area (TPSA) is 35.8 Å². The van der Waals surface area contributed by atoms with Crippen LogP contribution in [0.15, 0.2) is 48.5 Å². The Labute approximate surface area is 121 Å². The maximum atomic E-state index is 8.76. The molecule has 3 heteroatoms. The van der Waals surface area contributed by atoms with Crippen LogP contribution in [-0.2, 0) is 0 Å². The number of hydrogen-bond donors (Lipinski definition) is 1. The van der Waals surface area contributed by atoms with E-state index in [-0.39, 0.29) is 6.04 Å². The zero-order chi connectivity index (χ0) is 13.0. The summed E-state index contributed by atoms with van der Waals surface area (Å²) in [5.74, 6) is 0. The first-order valence-electron chi connectivity index (χ1n) is 5.71. The maximum absolute atomic E-state index is 8.76. The highest BCUT2D eigenvalue weighted by molar-refractivity contribution is 14.1. The fourth-order valence-electron chi connectivity index (χ4n) is 1.73. The SMILES string of the molecule is CC(Nc1ccc(I)cc1)c1ccc(C#N)cc1. The van der Waals surface area contributed by atoms with Gasteiger partial charge < -0.3 is 5.32 Å².